The fourth-order valence-corrected chi connectivity index (χ4v) is 1.99. The molecule has 2 amide bonds. The third-order valence-corrected chi connectivity index (χ3v) is 3.03. The van der Waals surface area contributed by atoms with Crippen LogP contribution in [0.5, 0.6) is 0 Å². The molecule has 0 spiro atoms. The summed E-state index contributed by atoms with van der Waals surface area (Å²) in [7, 11) is 0. The van der Waals surface area contributed by atoms with Gasteiger partial charge in [0.25, 0.3) is 0 Å². The Bertz CT molecular complexity index is 271. The topological polar surface area (TPSA) is 69.6 Å². The number of hydrogen-bond acceptors (Lipinski definition) is 2. The number of urea groups is 1. The number of aliphatic carboxylic acids is 1. The van der Waals surface area contributed by atoms with E-state index in [1.165, 1.54) is 0 Å². The van der Waals surface area contributed by atoms with Gasteiger partial charge in [-0.25, -0.2) is 4.79 Å². The molecule has 2 N–H and O–H groups in total. The van der Waals surface area contributed by atoms with Crippen LogP contribution in [0.25, 0.3) is 0 Å². The molecule has 1 aliphatic rings. The van der Waals surface area contributed by atoms with Gasteiger partial charge < -0.3 is 15.3 Å². The molecule has 98 valence electrons. The summed E-state index contributed by atoms with van der Waals surface area (Å²) in [5, 5.41) is 11.6. The molecular weight excluding hydrogens is 220 g/mol. The van der Waals surface area contributed by atoms with Crippen molar-refractivity contribution in [3.8, 4) is 0 Å². The maximum absolute atomic E-state index is 11.7. The standard InChI is InChI=1S/C12H22N2O3/c1-9(2)8-13-12(17)14-5-3-10(4-6-14)7-11(15)16/h9-10H,3-8H2,1-2H3,(H,13,17)(H,15,16). The first-order valence-electron chi connectivity index (χ1n) is 6.23. The summed E-state index contributed by atoms with van der Waals surface area (Å²) < 4.78 is 0. The fraction of sp³-hybridized carbons (Fsp3) is 0.833. The predicted molar refractivity (Wildman–Crippen MR) is 64.8 cm³/mol. The number of piperidine rings is 1. The van der Waals surface area contributed by atoms with Crippen LogP contribution >= 0.6 is 0 Å². The highest BCUT2D eigenvalue weighted by Crippen LogP contribution is 2.20. The van der Waals surface area contributed by atoms with Crippen molar-refractivity contribution in [2.24, 2.45) is 11.8 Å². The Morgan fingerprint density at radius 1 is 1.35 bits per heavy atom. The Balaban J connectivity index is 2.26. The van der Waals surface area contributed by atoms with Crippen LogP contribution in [-0.2, 0) is 4.79 Å². The van der Waals surface area contributed by atoms with Gasteiger partial charge >= 0.3 is 12.0 Å². The van der Waals surface area contributed by atoms with E-state index in [0.29, 0.717) is 25.6 Å². The van der Waals surface area contributed by atoms with Gasteiger partial charge in [0.1, 0.15) is 0 Å². The molecule has 0 saturated carbocycles. The SMILES string of the molecule is CC(C)CNC(=O)N1CCC(CC(=O)O)CC1. The quantitative estimate of drug-likeness (QED) is 0.785. The van der Waals surface area contributed by atoms with Gasteiger partial charge in [0.2, 0.25) is 0 Å². The average Bonchev–Trinajstić information content (AvgIpc) is 2.26. The van der Waals surface area contributed by atoms with Gasteiger partial charge in [-0.05, 0) is 24.7 Å². The van der Waals surface area contributed by atoms with E-state index in [9.17, 15) is 9.59 Å². The Morgan fingerprint density at radius 2 is 1.94 bits per heavy atom. The molecule has 0 atom stereocenters. The van der Waals surface area contributed by atoms with Crippen molar-refractivity contribution in [2.75, 3.05) is 19.6 Å². The van der Waals surface area contributed by atoms with Crippen LogP contribution in [-0.4, -0.2) is 41.6 Å². The Kier molecular flexibility index (Phi) is 5.25. The van der Waals surface area contributed by atoms with Gasteiger partial charge in [0.05, 0.1) is 0 Å². The van der Waals surface area contributed by atoms with E-state index < -0.39 is 5.97 Å². The van der Waals surface area contributed by atoms with Crippen molar-refractivity contribution in [3.05, 3.63) is 0 Å². The van der Waals surface area contributed by atoms with Crippen LogP contribution in [0.4, 0.5) is 4.79 Å². The molecule has 1 rings (SSSR count). The molecule has 1 fully saturated rings. The van der Waals surface area contributed by atoms with Crippen molar-refractivity contribution in [3.63, 3.8) is 0 Å². The minimum absolute atomic E-state index is 0.0209. The lowest BCUT2D eigenvalue weighted by atomic mass is 9.94. The van der Waals surface area contributed by atoms with Crippen LogP contribution in [0, 0.1) is 11.8 Å². The van der Waals surface area contributed by atoms with E-state index in [-0.39, 0.29) is 18.4 Å². The second-order valence-corrected chi connectivity index (χ2v) is 5.11. The smallest absolute Gasteiger partial charge is 0.317 e. The highest BCUT2D eigenvalue weighted by Gasteiger charge is 2.23. The van der Waals surface area contributed by atoms with E-state index in [1.54, 1.807) is 4.90 Å². The minimum Gasteiger partial charge on any atom is -0.481 e. The molecular formula is C12H22N2O3. The van der Waals surface area contributed by atoms with E-state index in [4.69, 9.17) is 5.11 Å². The van der Waals surface area contributed by atoms with Crippen LogP contribution in [0.3, 0.4) is 0 Å². The van der Waals surface area contributed by atoms with E-state index in [1.807, 2.05) is 0 Å². The van der Waals surface area contributed by atoms with Crippen LogP contribution in [0.1, 0.15) is 33.1 Å². The molecule has 5 heteroatoms. The third kappa shape index (κ3) is 5.06. The first kappa shape index (κ1) is 13.8. The molecule has 0 radical (unpaired) electrons. The summed E-state index contributed by atoms with van der Waals surface area (Å²) in [6.07, 6.45) is 1.81. The van der Waals surface area contributed by atoms with E-state index in [0.717, 1.165) is 12.8 Å². The summed E-state index contributed by atoms with van der Waals surface area (Å²) in [4.78, 5) is 24.1. The number of carboxylic acids is 1. The number of carbonyl (C=O) groups excluding carboxylic acids is 1. The summed E-state index contributed by atoms with van der Waals surface area (Å²) in [5.74, 6) is -0.0714. The fourth-order valence-electron chi connectivity index (χ4n) is 1.99. The second-order valence-electron chi connectivity index (χ2n) is 5.11. The lowest BCUT2D eigenvalue weighted by Crippen LogP contribution is -2.45. The molecule has 1 heterocycles. The molecule has 0 aromatic rings. The number of nitrogens with zero attached hydrogens (tertiary/aromatic N) is 1. The normalized spacial score (nSPS) is 17.2. The van der Waals surface area contributed by atoms with Crippen LogP contribution in [0.2, 0.25) is 0 Å². The number of carboxylic acid groups (broad SMARTS) is 1. The first-order chi connectivity index (χ1) is 7.99. The van der Waals surface area contributed by atoms with Crippen molar-refractivity contribution < 1.29 is 14.7 Å². The Morgan fingerprint density at radius 3 is 2.41 bits per heavy atom. The third-order valence-electron chi connectivity index (χ3n) is 3.03. The van der Waals surface area contributed by atoms with Gasteiger partial charge in [0, 0.05) is 26.1 Å². The highest BCUT2D eigenvalue weighted by atomic mass is 16.4. The van der Waals surface area contributed by atoms with Crippen molar-refractivity contribution in [1.29, 1.82) is 0 Å². The molecule has 17 heavy (non-hydrogen) atoms. The number of amides is 2. The highest BCUT2D eigenvalue weighted by molar-refractivity contribution is 5.74. The molecule has 0 aliphatic carbocycles. The molecule has 0 unspecified atom stereocenters. The zero-order valence-electron chi connectivity index (χ0n) is 10.6. The molecule has 5 nitrogen and oxygen atoms in total. The monoisotopic (exact) mass is 242 g/mol. The Hall–Kier alpha value is -1.26. The second kappa shape index (κ2) is 6.47. The van der Waals surface area contributed by atoms with E-state index >= 15 is 0 Å². The number of hydrogen-bond donors (Lipinski definition) is 2. The number of nitrogens with one attached hydrogen (secondary N) is 1. The van der Waals surface area contributed by atoms with Crippen molar-refractivity contribution in [2.45, 2.75) is 33.1 Å². The zero-order valence-corrected chi connectivity index (χ0v) is 10.6. The number of likely N-dealkylation sites (tertiary alicyclic amines) is 1. The first-order valence-corrected chi connectivity index (χ1v) is 6.23. The van der Waals surface area contributed by atoms with Gasteiger partial charge in [-0.2, -0.15) is 0 Å². The molecule has 1 saturated heterocycles. The maximum Gasteiger partial charge on any atom is 0.317 e. The summed E-state index contributed by atoms with van der Waals surface area (Å²) >= 11 is 0. The lowest BCUT2D eigenvalue weighted by molar-refractivity contribution is -0.138. The Labute approximate surface area is 102 Å². The van der Waals surface area contributed by atoms with Crippen molar-refractivity contribution in [1.82, 2.24) is 10.2 Å². The summed E-state index contributed by atoms with van der Waals surface area (Å²) in [6, 6.07) is -0.0209. The molecule has 0 bridgehead atoms. The van der Waals surface area contributed by atoms with Gasteiger partial charge in [0.15, 0.2) is 0 Å². The summed E-state index contributed by atoms with van der Waals surface area (Å²) in [6.45, 7) is 6.14. The molecule has 0 aromatic carbocycles. The number of rotatable bonds is 4. The maximum atomic E-state index is 11.7. The van der Waals surface area contributed by atoms with Crippen LogP contribution < -0.4 is 5.32 Å². The summed E-state index contributed by atoms with van der Waals surface area (Å²) in [5.41, 5.74) is 0. The van der Waals surface area contributed by atoms with Crippen molar-refractivity contribution >= 4 is 12.0 Å². The average molecular weight is 242 g/mol. The minimum atomic E-state index is -0.743. The largest absolute Gasteiger partial charge is 0.481 e. The van der Waals surface area contributed by atoms with E-state index in [2.05, 4.69) is 19.2 Å². The van der Waals surface area contributed by atoms with Gasteiger partial charge in [-0.15, -0.1) is 0 Å². The van der Waals surface area contributed by atoms with Gasteiger partial charge in [-0.1, -0.05) is 13.8 Å². The molecule has 1 aliphatic heterocycles. The zero-order chi connectivity index (χ0) is 12.8. The predicted octanol–water partition coefficient (Wildman–Crippen LogP) is 1.54. The lowest BCUT2D eigenvalue weighted by Gasteiger charge is -2.31. The van der Waals surface area contributed by atoms with Crippen LogP contribution in [0.15, 0.2) is 0 Å². The number of carbonyl (C=O) groups is 2. The molecule has 0 aromatic heterocycles. The van der Waals surface area contributed by atoms with Gasteiger partial charge in [-0.3, -0.25) is 4.79 Å².